The summed E-state index contributed by atoms with van der Waals surface area (Å²) >= 11 is 3.33. The summed E-state index contributed by atoms with van der Waals surface area (Å²) in [5.41, 5.74) is 1.53. The quantitative estimate of drug-likeness (QED) is 0.940. The van der Waals surface area contributed by atoms with Gasteiger partial charge in [0.2, 0.25) is 5.89 Å². The van der Waals surface area contributed by atoms with Crippen LogP contribution in [0.2, 0.25) is 0 Å². The predicted molar refractivity (Wildman–Crippen MR) is 61.0 cm³/mol. The molecule has 0 amide bonds. The first-order valence-corrected chi connectivity index (χ1v) is 5.36. The molecule has 2 aromatic rings. The molecular formula is C11H8BrNO3. The second kappa shape index (κ2) is 4.49. The molecular weight excluding hydrogens is 274 g/mol. The third-order valence-corrected chi connectivity index (χ3v) is 2.52. The number of carbonyl (C=O) groups is 1. The average Bonchev–Trinajstić information content (AvgIpc) is 2.66. The molecule has 5 heteroatoms. The van der Waals surface area contributed by atoms with Gasteiger partial charge < -0.3 is 9.52 Å². The molecule has 2 rings (SSSR count). The molecule has 0 bridgehead atoms. The van der Waals surface area contributed by atoms with Crippen molar-refractivity contribution < 1.29 is 14.3 Å². The molecule has 1 heterocycles. The molecule has 0 radical (unpaired) electrons. The van der Waals surface area contributed by atoms with Gasteiger partial charge in [0.25, 0.3) is 0 Å². The Labute approximate surface area is 100 Å². The Morgan fingerprint density at radius 2 is 2.06 bits per heavy atom. The minimum atomic E-state index is -0.954. The van der Waals surface area contributed by atoms with Crippen LogP contribution in [-0.4, -0.2) is 16.1 Å². The molecule has 16 heavy (non-hydrogen) atoms. The van der Waals surface area contributed by atoms with Crippen molar-refractivity contribution in [3.63, 3.8) is 0 Å². The smallest absolute Gasteiger partial charge is 0.312 e. The van der Waals surface area contributed by atoms with Crippen molar-refractivity contribution in [2.45, 2.75) is 6.42 Å². The summed E-state index contributed by atoms with van der Waals surface area (Å²) in [6.45, 7) is 0. The fourth-order valence-corrected chi connectivity index (χ4v) is 1.54. The minimum Gasteiger partial charge on any atom is -0.481 e. The van der Waals surface area contributed by atoms with Gasteiger partial charge in [-0.15, -0.1) is 0 Å². The fraction of sp³-hybridized carbons (Fsp3) is 0.0909. The molecule has 0 spiro atoms. The zero-order chi connectivity index (χ0) is 11.5. The van der Waals surface area contributed by atoms with Gasteiger partial charge in [-0.2, -0.15) is 0 Å². The molecule has 0 fully saturated rings. The highest BCUT2D eigenvalue weighted by Crippen LogP contribution is 2.21. The standard InChI is InChI=1S/C11H8BrNO3/c12-8-3-1-7(2-4-8)9-6-16-10(13-9)5-11(14)15/h1-4,6H,5H2,(H,14,15). The SMILES string of the molecule is O=C(O)Cc1nc(-c2ccc(Br)cc2)co1. The number of hydrogen-bond acceptors (Lipinski definition) is 3. The van der Waals surface area contributed by atoms with E-state index >= 15 is 0 Å². The molecule has 1 N–H and O–H groups in total. The first-order valence-electron chi connectivity index (χ1n) is 4.57. The van der Waals surface area contributed by atoms with E-state index in [-0.39, 0.29) is 12.3 Å². The highest BCUT2D eigenvalue weighted by molar-refractivity contribution is 9.10. The van der Waals surface area contributed by atoms with E-state index in [0.29, 0.717) is 5.69 Å². The van der Waals surface area contributed by atoms with E-state index in [0.717, 1.165) is 10.0 Å². The lowest BCUT2D eigenvalue weighted by Gasteiger charge is -1.94. The Bertz CT molecular complexity index is 504. The van der Waals surface area contributed by atoms with E-state index in [1.165, 1.54) is 6.26 Å². The second-order valence-corrected chi connectivity index (χ2v) is 4.12. The number of aliphatic carboxylic acids is 1. The molecule has 0 atom stereocenters. The number of oxazole rings is 1. The van der Waals surface area contributed by atoms with Crippen LogP contribution in [-0.2, 0) is 11.2 Å². The van der Waals surface area contributed by atoms with Crippen LogP contribution >= 0.6 is 15.9 Å². The fourth-order valence-electron chi connectivity index (χ4n) is 1.27. The Morgan fingerprint density at radius 1 is 1.38 bits per heavy atom. The van der Waals surface area contributed by atoms with E-state index in [4.69, 9.17) is 9.52 Å². The van der Waals surface area contributed by atoms with Gasteiger partial charge in [0, 0.05) is 10.0 Å². The number of rotatable bonds is 3. The van der Waals surface area contributed by atoms with Gasteiger partial charge >= 0.3 is 5.97 Å². The van der Waals surface area contributed by atoms with Crippen molar-refractivity contribution in [3.8, 4) is 11.3 Å². The Morgan fingerprint density at radius 3 is 2.69 bits per heavy atom. The van der Waals surface area contributed by atoms with Gasteiger partial charge in [-0.1, -0.05) is 28.1 Å². The van der Waals surface area contributed by atoms with Crippen molar-refractivity contribution in [3.05, 3.63) is 40.9 Å². The monoisotopic (exact) mass is 281 g/mol. The number of carboxylic acids is 1. The van der Waals surface area contributed by atoms with Crippen molar-refractivity contribution in [2.24, 2.45) is 0 Å². The van der Waals surface area contributed by atoms with Gasteiger partial charge in [0.1, 0.15) is 18.4 Å². The van der Waals surface area contributed by atoms with E-state index in [1.54, 1.807) is 0 Å². The van der Waals surface area contributed by atoms with Crippen molar-refractivity contribution in [1.82, 2.24) is 4.98 Å². The third kappa shape index (κ3) is 2.49. The topological polar surface area (TPSA) is 63.3 Å². The van der Waals surface area contributed by atoms with Crippen LogP contribution in [0.5, 0.6) is 0 Å². The molecule has 0 aliphatic heterocycles. The Hall–Kier alpha value is -1.62. The lowest BCUT2D eigenvalue weighted by Crippen LogP contribution is -1.99. The number of aromatic nitrogens is 1. The maximum absolute atomic E-state index is 10.5. The minimum absolute atomic E-state index is 0.198. The van der Waals surface area contributed by atoms with Gasteiger partial charge in [-0.05, 0) is 12.1 Å². The zero-order valence-corrected chi connectivity index (χ0v) is 9.77. The van der Waals surface area contributed by atoms with Crippen molar-refractivity contribution >= 4 is 21.9 Å². The van der Waals surface area contributed by atoms with Crippen LogP contribution in [0, 0.1) is 0 Å². The first kappa shape index (κ1) is 10.9. The molecule has 0 unspecified atom stereocenters. The highest BCUT2D eigenvalue weighted by atomic mass is 79.9. The van der Waals surface area contributed by atoms with Crippen LogP contribution in [0.15, 0.2) is 39.4 Å². The van der Waals surface area contributed by atoms with Gasteiger partial charge in [-0.3, -0.25) is 4.79 Å². The number of halogens is 1. The summed E-state index contributed by atoms with van der Waals surface area (Å²) in [5.74, 6) is -0.741. The van der Waals surface area contributed by atoms with Crippen LogP contribution in [0.3, 0.4) is 0 Å². The Balaban J connectivity index is 2.24. The van der Waals surface area contributed by atoms with E-state index < -0.39 is 5.97 Å². The van der Waals surface area contributed by atoms with Gasteiger partial charge in [0.15, 0.2) is 0 Å². The third-order valence-electron chi connectivity index (χ3n) is 1.99. The van der Waals surface area contributed by atoms with Crippen LogP contribution in [0.25, 0.3) is 11.3 Å². The summed E-state index contributed by atoms with van der Waals surface area (Å²) < 4.78 is 6.03. The Kier molecular flexibility index (Phi) is 3.05. The molecule has 0 aliphatic rings. The average molecular weight is 282 g/mol. The highest BCUT2D eigenvalue weighted by Gasteiger charge is 2.09. The van der Waals surface area contributed by atoms with E-state index in [2.05, 4.69) is 20.9 Å². The lowest BCUT2D eigenvalue weighted by molar-refractivity contribution is -0.136. The normalized spacial score (nSPS) is 10.3. The summed E-state index contributed by atoms with van der Waals surface area (Å²) in [5, 5.41) is 8.58. The van der Waals surface area contributed by atoms with Crippen LogP contribution in [0.4, 0.5) is 0 Å². The molecule has 1 aromatic carbocycles. The number of hydrogen-bond donors (Lipinski definition) is 1. The second-order valence-electron chi connectivity index (χ2n) is 3.20. The van der Waals surface area contributed by atoms with E-state index in [9.17, 15) is 4.79 Å². The number of benzene rings is 1. The van der Waals surface area contributed by atoms with E-state index in [1.807, 2.05) is 24.3 Å². The lowest BCUT2D eigenvalue weighted by atomic mass is 10.2. The molecule has 4 nitrogen and oxygen atoms in total. The summed E-state index contributed by atoms with van der Waals surface area (Å²) in [4.78, 5) is 14.5. The maximum Gasteiger partial charge on any atom is 0.312 e. The van der Waals surface area contributed by atoms with Crippen LogP contribution in [0.1, 0.15) is 5.89 Å². The van der Waals surface area contributed by atoms with Gasteiger partial charge in [0.05, 0.1) is 0 Å². The van der Waals surface area contributed by atoms with Gasteiger partial charge in [-0.25, -0.2) is 4.98 Å². The molecule has 82 valence electrons. The molecule has 0 saturated heterocycles. The predicted octanol–water partition coefficient (Wildman–Crippen LogP) is 2.73. The van der Waals surface area contributed by atoms with Crippen molar-refractivity contribution in [2.75, 3.05) is 0 Å². The first-order chi connectivity index (χ1) is 7.65. The number of carboxylic acid groups (broad SMARTS) is 1. The van der Waals surface area contributed by atoms with Crippen molar-refractivity contribution in [1.29, 1.82) is 0 Å². The zero-order valence-electron chi connectivity index (χ0n) is 8.18. The number of nitrogens with zero attached hydrogens (tertiary/aromatic N) is 1. The summed E-state index contributed by atoms with van der Waals surface area (Å²) in [6.07, 6.45) is 1.26. The molecule has 0 saturated carbocycles. The summed E-state index contributed by atoms with van der Waals surface area (Å²) in [7, 11) is 0. The largest absolute Gasteiger partial charge is 0.481 e. The molecule has 0 aliphatic carbocycles. The summed E-state index contributed by atoms with van der Waals surface area (Å²) in [6, 6.07) is 7.54. The molecule has 1 aromatic heterocycles. The van der Waals surface area contributed by atoms with Crippen LogP contribution < -0.4 is 0 Å². The maximum atomic E-state index is 10.5.